The predicted octanol–water partition coefficient (Wildman–Crippen LogP) is 2.29. The molecule has 1 aromatic carbocycles. The van der Waals surface area contributed by atoms with Crippen molar-refractivity contribution in [1.82, 2.24) is 0 Å². The van der Waals surface area contributed by atoms with Gasteiger partial charge in [-0.2, -0.15) is 17.7 Å². The molecule has 118 valence electrons. The first-order valence-corrected chi connectivity index (χ1v) is 7.42. The van der Waals surface area contributed by atoms with Gasteiger partial charge in [-0.1, -0.05) is 73.4 Å². The largest absolute Gasteiger partial charge is 1.00 e. The van der Waals surface area contributed by atoms with E-state index in [0.29, 0.717) is 5.56 Å². The first kappa shape index (κ1) is 21.2. The number of nitro groups is 1. The van der Waals surface area contributed by atoms with E-state index in [0.717, 1.165) is 11.1 Å². The molecule has 0 aromatic heterocycles. The van der Waals surface area contributed by atoms with Gasteiger partial charge in [-0.3, -0.25) is 10.1 Å². The van der Waals surface area contributed by atoms with Gasteiger partial charge < -0.3 is 0 Å². The summed E-state index contributed by atoms with van der Waals surface area (Å²) in [5.41, 5.74) is 2.06. The Kier molecular flexibility index (Phi) is 6.15. The third-order valence-corrected chi connectivity index (χ3v) is 3.59. The van der Waals surface area contributed by atoms with Crippen LogP contribution in [0.3, 0.4) is 0 Å². The summed E-state index contributed by atoms with van der Waals surface area (Å²) in [6, 6.07) is 5.31. The zero-order chi connectivity index (χ0) is 16.8. The first-order valence-electron chi connectivity index (χ1n) is 7.42. The van der Waals surface area contributed by atoms with Crippen molar-refractivity contribution in [2.24, 2.45) is 0 Å². The van der Waals surface area contributed by atoms with E-state index in [4.69, 9.17) is 0 Å². The summed E-state index contributed by atoms with van der Waals surface area (Å²) < 4.78 is 0. The molecule has 0 saturated carbocycles. The second kappa shape index (κ2) is 6.38. The van der Waals surface area contributed by atoms with Crippen molar-refractivity contribution in [1.29, 1.82) is 0 Å². The van der Waals surface area contributed by atoms with Crippen LogP contribution in [0.5, 0.6) is 0 Å². The quantitative estimate of drug-likeness (QED) is 0.345. The minimum atomic E-state index is -0.316. The molecule has 0 N–H and O–H groups in total. The molecule has 1 rings (SSSR count). The third-order valence-electron chi connectivity index (χ3n) is 3.59. The van der Waals surface area contributed by atoms with Gasteiger partial charge in [0.2, 0.25) is 0 Å². The molecule has 0 radical (unpaired) electrons. The molecule has 0 bridgehead atoms. The van der Waals surface area contributed by atoms with Crippen LogP contribution in [0.2, 0.25) is 0 Å². The molecule has 3 nitrogen and oxygen atoms in total. The third kappa shape index (κ3) is 4.60. The molecule has 0 unspecified atom stereocenters. The molecule has 0 aliphatic rings. The molecule has 0 fully saturated rings. The molecule has 0 aliphatic heterocycles. The van der Waals surface area contributed by atoms with Crippen LogP contribution in [-0.4, -0.2) is 4.92 Å². The Balaban J connectivity index is 0.00000441. The van der Waals surface area contributed by atoms with Crippen LogP contribution < -0.4 is 18.9 Å². The van der Waals surface area contributed by atoms with Gasteiger partial charge in [-0.05, 0) is 16.2 Å². The zero-order valence-corrected chi connectivity index (χ0v) is 15.8. The Labute approximate surface area is 147 Å². The van der Waals surface area contributed by atoms with E-state index in [2.05, 4.69) is 26.8 Å². The molecule has 1 aromatic rings. The van der Waals surface area contributed by atoms with Crippen LogP contribution in [-0.2, 0) is 16.2 Å². The Morgan fingerprint density at radius 2 is 1.36 bits per heavy atom. The molecule has 0 amide bonds. The van der Waals surface area contributed by atoms with Crippen LogP contribution in [0.15, 0.2) is 6.07 Å². The number of nitrogens with zero attached hydrogens (tertiary/aromatic N) is 1. The maximum absolute atomic E-state index is 11.7. The average Bonchev–Trinajstić information content (AvgIpc) is 2.23. The maximum Gasteiger partial charge on any atom is 1.00 e. The Morgan fingerprint density at radius 1 is 0.909 bits per heavy atom. The van der Waals surface area contributed by atoms with Crippen molar-refractivity contribution < 1.29 is 23.8 Å². The van der Waals surface area contributed by atoms with Crippen LogP contribution in [0.4, 0.5) is 5.69 Å². The van der Waals surface area contributed by atoms with Gasteiger partial charge in [-0.15, -0.1) is 0 Å². The number of hydrogen-bond acceptors (Lipinski definition) is 2. The van der Waals surface area contributed by atoms with E-state index in [1.165, 1.54) is 0 Å². The molecular formula is C18H28LiNO2. The van der Waals surface area contributed by atoms with E-state index in [1.807, 2.05) is 47.6 Å². The van der Waals surface area contributed by atoms with Gasteiger partial charge in [0.05, 0.1) is 0 Å². The minimum absolute atomic E-state index is 0. The van der Waals surface area contributed by atoms with Gasteiger partial charge in [0.15, 0.2) is 5.69 Å². The van der Waals surface area contributed by atoms with Crippen LogP contribution in [0.25, 0.3) is 0 Å². The summed E-state index contributed by atoms with van der Waals surface area (Å²) in [5, 5.41) is 11.7. The Bertz CT molecular complexity index is 523. The van der Waals surface area contributed by atoms with Crippen LogP contribution >= 0.6 is 0 Å². The van der Waals surface area contributed by atoms with Crippen molar-refractivity contribution in [3.63, 3.8) is 0 Å². The molecule has 22 heavy (non-hydrogen) atoms. The standard InChI is InChI=1S/C18H28NO2.Li/c1-16(2,3)12-10-13(17(4,5)6)15(19(20)21)14(11-12)18(7,8)9;/h10H,1-9H3;/q-1;+1. The van der Waals surface area contributed by atoms with Gasteiger partial charge in [0.25, 0.3) is 0 Å². The molecule has 0 aliphatic carbocycles. The average molecular weight is 297 g/mol. The second-order valence-electron chi connectivity index (χ2n) is 8.83. The van der Waals surface area contributed by atoms with Crippen molar-refractivity contribution >= 4 is 5.69 Å². The topological polar surface area (TPSA) is 43.1 Å². The second-order valence-corrected chi connectivity index (χ2v) is 8.83. The number of benzene rings is 1. The molecular weight excluding hydrogens is 269 g/mol. The van der Waals surface area contributed by atoms with Crippen molar-refractivity contribution in [2.75, 3.05) is 0 Å². The Morgan fingerprint density at radius 3 is 1.64 bits per heavy atom. The monoisotopic (exact) mass is 297 g/mol. The summed E-state index contributed by atoms with van der Waals surface area (Å²) in [6.07, 6.45) is 0. The SMILES string of the molecule is CC(C)(C)c1[c-]c(C(C)(C)C)c([N+](=O)[O-])c(C(C)(C)C)c1.[Li+]. The summed E-state index contributed by atoms with van der Waals surface area (Å²) in [6.45, 7) is 18.4. The van der Waals surface area contributed by atoms with Gasteiger partial charge >= 0.3 is 18.9 Å². The summed E-state index contributed by atoms with van der Waals surface area (Å²) in [4.78, 5) is 11.4. The zero-order valence-electron chi connectivity index (χ0n) is 15.8. The maximum atomic E-state index is 11.7. The van der Waals surface area contributed by atoms with E-state index in [-0.39, 0.29) is 45.7 Å². The van der Waals surface area contributed by atoms with Crippen LogP contribution in [0, 0.1) is 16.2 Å². The molecule has 0 atom stereocenters. The number of hydrogen-bond donors (Lipinski definition) is 0. The van der Waals surface area contributed by atoms with E-state index in [9.17, 15) is 10.1 Å². The predicted molar refractivity (Wildman–Crippen MR) is 88.0 cm³/mol. The Hall–Kier alpha value is -0.783. The first-order chi connectivity index (χ1) is 9.15. The van der Waals surface area contributed by atoms with E-state index < -0.39 is 0 Å². The normalized spacial score (nSPS) is 12.8. The molecule has 0 saturated heterocycles. The molecule has 0 spiro atoms. The van der Waals surface area contributed by atoms with Gasteiger partial charge in [0, 0.05) is 4.92 Å². The van der Waals surface area contributed by atoms with E-state index >= 15 is 0 Å². The fourth-order valence-electron chi connectivity index (χ4n) is 2.29. The van der Waals surface area contributed by atoms with Crippen molar-refractivity contribution in [2.45, 2.75) is 78.6 Å². The number of nitro benzene ring substituents is 1. The number of rotatable bonds is 1. The molecule has 0 heterocycles. The molecule has 4 heteroatoms. The van der Waals surface area contributed by atoms with Gasteiger partial charge in [0.1, 0.15) is 0 Å². The summed E-state index contributed by atoms with van der Waals surface area (Å²) in [5.74, 6) is 0. The summed E-state index contributed by atoms with van der Waals surface area (Å²) >= 11 is 0. The summed E-state index contributed by atoms with van der Waals surface area (Å²) in [7, 11) is 0. The van der Waals surface area contributed by atoms with E-state index in [1.54, 1.807) is 0 Å². The van der Waals surface area contributed by atoms with Crippen molar-refractivity contribution in [3.8, 4) is 0 Å². The smallest absolute Gasteiger partial charge is 0.270 e. The van der Waals surface area contributed by atoms with Gasteiger partial charge in [-0.25, -0.2) is 0 Å². The van der Waals surface area contributed by atoms with Crippen molar-refractivity contribution in [3.05, 3.63) is 38.9 Å². The van der Waals surface area contributed by atoms with Crippen LogP contribution in [0.1, 0.15) is 79.0 Å². The minimum Gasteiger partial charge on any atom is -0.270 e. The fourth-order valence-corrected chi connectivity index (χ4v) is 2.29. The fraction of sp³-hybridized carbons (Fsp3) is 0.667.